The maximum absolute atomic E-state index is 13.5. The van der Waals surface area contributed by atoms with Crippen molar-refractivity contribution in [1.29, 1.82) is 0 Å². The Morgan fingerprint density at radius 3 is 2.57 bits per heavy atom. The highest BCUT2D eigenvalue weighted by Gasteiger charge is 2.26. The smallest absolute Gasteiger partial charge is 0.252 e. The molecule has 4 rings (SSSR count). The molecule has 2 atom stereocenters. The summed E-state index contributed by atoms with van der Waals surface area (Å²) in [6, 6.07) is 9.66. The maximum Gasteiger partial charge on any atom is 0.252 e. The lowest BCUT2D eigenvalue weighted by atomic mass is 10.0. The molecule has 1 aliphatic rings. The summed E-state index contributed by atoms with van der Waals surface area (Å²) in [5.74, 6) is 1.43. The number of imidazole rings is 1. The number of thiophene rings is 1. The number of morpholine rings is 1. The van der Waals surface area contributed by atoms with Crippen molar-refractivity contribution in [2.24, 2.45) is 11.8 Å². The van der Waals surface area contributed by atoms with E-state index in [4.69, 9.17) is 9.72 Å². The lowest BCUT2D eigenvalue weighted by molar-refractivity contribution is -0.124. The molecule has 2 N–H and O–H groups in total. The first kappa shape index (κ1) is 32.2. The largest absolute Gasteiger partial charge is 0.374 e. The quantitative estimate of drug-likeness (QED) is 0.251. The Labute approximate surface area is 255 Å². The second kappa shape index (κ2) is 15.1. The van der Waals surface area contributed by atoms with Crippen LogP contribution in [-0.4, -0.2) is 71.2 Å². The molecule has 1 fully saturated rings. The van der Waals surface area contributed by atoms with Crippen molar-refractivity contribution in [3.05, 3.63) is 52.0 Å². The third kappa shape index (κ3) is 8.42. The van der Waals surface area contributed by atoms with E-state index in [0.29, 0.717) is 37.1 Å². The molecule has 0 aliphatic carbocycles. The van der Waals surface area contributed by atoms with E-state index in [2.05, 4.69) is 79.2 Å². The lowest BCUT2D eigenvalue weighted by Crippen LogP contribution is -2.52. The van der Waals surface area contributed by atoms with E-state index in [9.17, 15) is 9.59 Å². The number of ether oxygens (including phenoxy) is 1. The zero-order valence-electron chi connectivity index (χ0n) is 26.2. The highest BCUT2D eigenvalue weighted by atomic mass is 32.1. The minimum absolute atomic E-state index is 0.0483. The third-order valence-corrected chi connectivity index (χ3v) is 8.80. The summed E-state index contributed by atoms with van der Waals surface area (Å²) in [5.41, 5.74) is 2.37. The fourth-order valence-corrected chi connectivity index (χ4v) is 6.61. The molecule has 0 saturated carbocycles. The molecule has 3 heterocycles. The fourth-order valence-electron chi connectivity index (χ4n) is 5.91. The summed E-state index contributed by atoms with van der Waals surface area (Å²) in [4.78, 5) is 35.4. The van der Waals surface area contributed by atoms with Crippen molar-refractivity contribution in [2.75, 3.05) is 32.8 Å². The molecule has 3 aromatic rings. The van der Waals surface area contributed by atoms with Crippen LogP contribution in [0.5, 0.6) is 0 Å². The zero-order chi connectivity index (χ0) is 30.2. The standard InChI is InChI=1S/C33H49N5O3S/c1-7-25(8-2)38-30-12-11-24(17-28(30)35-31(38)18-27-10-9-15-42-27)32(39)36-29(16-22(3)4)33(40)34-19-26-21-37(13-14-41-26)20-23(5)6/h9-12,15,17,22-23,25-26,29H,7-8,13-14,16,18-21H2,1-6H3,(H,34,40)(H,36,39)/t26?,29-/m0/s1. The van der Waals surface area contributed by atoms with Gasteiger partial charge in [0.2, 0.25) is 5.91 Å². The molecular formula is C33H49N5O3S. The first-order valence-electron chi connectivity index (χ1n) is 15.6. The van der Waals surface area contributed by atoms with Crippen molar-refractivity contribution in [3.8, 4) is 0 Å². The third-order valence-electron chi connectivity index (χ3n) is 7.92. The molecule has 1 saturated heterocycles. The van der Waals surface area contributed by atoms with Gasteiger partial charge in [0, 0.05) is 49.1 Å². The minimum atomic E-state index is -0.625. The molecule has 0 radical (unpaired) electrons. The highest BCUT2D eigenvalue weighted by Crippen LogP contribution is 2.28. The van der Waals surface area contributed by atoms with Crippen LogP contribution in [0.2, 0.25) is 0 Å². The summed E-state index contributed by atoms with van der Waals surface area (Å²) in [7, 11) is 0. The Hall–Kier alpha value is -2.75. The molecule has 0 bridgehead atoms. The van der Waals surface area contributed by atoms with E-state index >= 15 is 0 Å². The number of aromatic nitrogens is 2. The van der Waals surface area contributed by atoms with Crippen LogP contribution in [0.1, 0.15) is 87.9 Å². The number of nitrogens with zero attached hydrogens (tertiary/aromatic N) is 3. The number of carbonyl (C=O) groups is 2. The average Bonchev–Trinajstić information content (AvgIpc) is 3.59. The number of benzene rings is 1. The molecule has 1 aromatic carbocycles. The van der Waals surface area contributed by atoms with E-state index in [1.807, 2.05) is 18.2 Å². The number of rotatable bonds is 14. The van der Waals surface area contributed by atoms with Gasteiger partial charge in [0.05, 0.1) is 23.7 Å². The van der Waals surface area contributed by atoms with Gasteiger partial charge in [0.15, 0.2) is 0 Å². The molecule has 8 nitrogen and oxygen atoms in total. The van der Waals surface area contributed by atoms with E-state index in [1.54, 1.807) is 11.3 Å². The SMILES string of the molecule is CCC(CC)n1c(Cc2cccs2)nc2cc(C(=O)N[C@@H](CC(C)C)C(=O)NCC3CN(CC(C)C)CCO3)ccc21. The maximum atomic E-state index is 13.5. The van der Waals surface area contributed by atoms with Crippen LogP contribution in [0.3, 0.4) is 0 Å². The number of nitrogens with one attached hydrogen (secondary N) is 2. The van der Waals surface area contributed by atoms with Crippen LogP contribution in [0.25, 0.3) is 11.0 Å². The van der Waals surface area contributed by atoms with Crippen molar-refractivity contribution >= 4 is 34.2 Å². The molecule has 230 valence electrons. The van der Waals surface area contributed by atoms with Gasteiger partial charge in [-0.1, -0.05) is 47.6 Å². The van der Waals surface area contributed by atoms with Gasteiger partial charge >= 0.3 is 0 Å². The Bertz CT molecular complexity index is 1300. The van der Waals surface area contributed by atoms with Gasteiger partial charge in [-0.25, -0.2) is 4.98 Å². The molecule has 2 amide bonds. The molecule has 1 aliphatic heterocycles. The Balaban J connectivity index is 1.47. The Morgan fingerprint density at radius 1 is 1.12 bits per heavy atom. The van der Waals surface area contributed by atoms with Gasteiger partial charge in [-0.3, -0.25) is 14.5 Å². The number of carbonyl (C=O) groups excluding carboxylic acids is 2. The number of hydrogen-bond donors (Lipinski definition) is 2. The first-order valence-corrected chi connectivity index (χ1v) is 16.5. The second-order valence-corrected chi connectivity index (χ2v) is 13.4. The van der Waals surface area contributed by atoms with E-state index < -0.39 is 6.04 Å². The van der Waals surface area contributed by atoms with Crippen LogP contribution in [-0.2, 0) is 16.0 Å². The number of hydrogen-bond acceptors (Lipinski definition) is 6. The molecule has 42 heavy (non-hydrogen) atoms. The second-order valence-electron chi connectivity index (χ2n) is 12.4. The number of fused-ring (bicyclic) bond motifs is 1. The van der Waals surface area contributed by atoms with Gasteiger partial charge in [-0.05, 0) is 60.7 Å². The van der Waals surface area contributed by atoms with Crippen LogP contribution >= 0.6 is 11.3 Å². The van der Waals surface area contributed by atoms with Crippen molar-refractivity contribution in [3.63, 3.8) is 0 Å². The van der Waals surface area contributed by atoms with Crippen molar-refractivity contribution in [1.82, 2.24) is 25.1 Å². The molecular weight excluding hydrogens is 546 g/mol. The monoisotopic (exact) mass is 595 g/mol. The summed E-state index contributed by atoms with van der Waals surface area (Å²) >= 11 is 1.74. The van der Waals surface area contributed by atoms with Gasteiger partial charge in [-0.2, -0.15) is 0 Å². The lowest BCUT2D eigenvalue weighted by Gasteiger charge is -2.34. The summed E-state index contributed by atoms with van der Waals surface area (Å²) < 4.78 is 8.27. The molecule has 2 aromatic heterocycles. The van der Waals surface area contributed by atoms with E-state index in [0.717, 1.165) is 55.8 Å². The van der Waals surface area contributed by atoms with Crippen molar-refractivity contribution < 1.29 is 14.3 Å². The van der Waals surface area contributed by atoms with Gasteiger partial charge in [0.1, 0.15) is 11.9 Å². The Kier molecular flexibility index (Phi) is 11.6. The highest BCUT2D eigenvalue weighted by molar-refractivity contribution is 7.09. The van der Waals surface area contributed by atoms with E-state index in [-0.39, 0.29) is 23.8 Å². The van der Waals surface area contributed by atoms with Gasteiger partial charge in [0.25, 0.3) is 5.91 Å². The molecule has 0 spiro atoms. The van der Waals surface area contributed by atoms with Gasteiger partial charge < -0.3 is 19.9 Å². The van der Waals surface area contributed by atoms with Crippen LogP contribution in [0, 0.1) is 11.8 Å². The average molecular weight is 596 g/mol. The predicted molar refractivity (Wildman–Crippen MR) is 171 cm³/mol. The fraction of sp³-hybridized carbons (Fsp3) is 0.606. The summed E-state index contributed by atoms with van der Waals surface area (Å²) in [5, 5.41) is 8.17. The van der Waals surface area contributed by atoms with Crippen LogP contribution < -0.4 is 10.6 Å². The molecule has 1 unspecified atom stereocenters. The molecule has 9 heteroatoms. The minimum Gasteiger partial charge on any atom is -0.374 e. The van der Waals surface area contributed by atoms with Crippen LogP contribution in [0.15, 0.2) is 35.7 Å². The first-order chi connectivity index (χ1) is 20.2. The summed E-state index contributed by atoms with van der Waals surface area (Å²) in [6.45, 7) is 16.8. The van der Waals surface area contributed by atoms with Gasteiger partial charge in [-0.15, -0.1) is 11.3 Å². The predicted octanol–water partition coefficient (Wildman–Crippen LogP) is 5.67. The van der Waals surface area contributed by atoms with Crippen LogP contribution in [0.4, 0.5) is 0 Å². The zero-order valence-corrected chi connectivity index (χ0v) is 27.0. The number of amides is 2. The normalized spacial score (nSPS) is 16.9. The Morgan fingerprint density at radius 2 is 1.90 bits per heavy atom. The topological polar surface area (TPSA) is 88.5 Å². The summed E-state index contributed by atoms with van der Waals surface area (Å²) in [6.07, 6.45) is 3.29. The van der Waals surface area contributed by atoms with E-state index in [1.165, 1.54) is 4.88 Å². The van der Waals surface area contributed by atoms with Crippen molar-refractivity contribution in [2.45, 2.75) is 85.4 Å².